The lowest BCUT2D eigenvalue weighted by Crippen LogP contribution is -2.30. The van der Waals surface area contributed by atoms with Crippen LogP contribution >= 0.6 is 0 Å². The van der Waals surface area contributed by atoms with Crippen LogP contribution in [-0.4, -0.2) is 41.2 Å². The molecule has 0 atom stereocenters. The van der Waals surface area contributed by atoms with Crippen molar-refractivity contribution < 1.29 is 27.4 Å². The Morgan fingerprint density at radius 3 is 2.65 bits per heavy atom. The summed E-state index contributed by atoms with van der Waals surface area (Å²) >= 11 is 0. The van der Waals surface area contributed by atoms with Gasteiger partial charge < -0.3 is 19.5 Å². The predicted octanol–water partition coefficient (Wildman–Crippen LogP) is 3.15. The summed E-state index contributed by atoms with van der Waals surface area (Å²) in [6.45, 7) is 1.57. The maximum atomic E-state index is 13.4. The van der Waals surface area contributed by atoms with Crippen LogP contribution in [0.1, 0.15) is 21.5 Å². The first kappa shape index (κ1) is 22.1. The quantitative estimate of drug-likeness (QED) is 0.583. The van der Waals surface area contributed by atoms with E-state index in [4.69, 9.17) is 14.2 Å². The van der Waals surface area contributed by atoms with Gasteiger partial charge in [0, 0.05) is 13.1 Å². The van der Waals surface area contributed by atoms with Crippen molar-refractivity contribution in [2.45, 2.75) is 17.9 Å². The van der Waals surface area contributed by atoms with Gasteiger partial charge in [-0.2, -0.15) is 0 Å². The van der Waals surface area contributed by atoms with Crippen LogP contribution in [0.4, 0.5) is 5.69 Å². The molecular formula is C25H24N2O6S. The Morgan fingerprint density at radius 1 is 1.03 bits per heavy atom. The van der Waals surface area contributed by atoms with Gasteiger partial charge in [0.05, 0.1) is 23.3 Å². The van der Waals surface area contributed by atoms with Gasteiger partial charge in [0.15, 0.2) is 11.5 Å². The summed E-state index contributed by atoms with van der Waals surface area (Å²) in [4.78, 5) is 13.1. The molecule has 2 aliphatic heterocycles. The highest BCUT2D eigenvalue weighted by Gasteiger charge is 2.31. The monoisotopic (exact) mass is 480 g/mol. The number of nitrogens with one attached hydrogen (secondary N) is 1. The molecule has 176 valence electrons. The molecule has 0 spiro atoms. The topological polar surface area (TPSA) is 94.2 Å². The molecule has 0 aromatic heterocycles. The molecule has 0 aliphatic carbocycles. The highest BCUT2D eigenvalue weighted by Crippen LogP contribution is 2.34. The van der Waals surface area contributed by atoms with Crippen molar-refractivity contribution in [2.24, 2.45) is 0 Å². The molecule has 9 heteroatoms. The average molecular weight is 481 g/mol. The Kier molecular flexibility index (Phi) is 5.79. The number of amides is 1. The first-order valence-corrected chi connectivity index (χ1v) is 12.4. The van der Waals surface area contributed by atoms with E-state index in [1.165, 1.54) is 29.6 Å². The number of anilines is 1. The van der Waals surface area contributed by atoms with E-state index >= 15 is 0 Å². The van der Waals surface area contributed by atoms with E-state index in [1.54, 1.807) is 12.1 Å². The number of methoxy groups -OCH3 is 1. The average Bonchev–Trinajstić information content (AvgIpc) is 3.32. The number of carbonyl (C=O) groups is 1. The van der Waals surface area contributed by atoms with Crippen LogP contribution in [0.2, 0.25) is 0 Å². The van der Waals surface area contributed by atoms with Crippen molar-refractivity contribution in [3.63, 3.8) is 0 Å². The number of rotatable bonds is 6. The molecule has 2 heterocycles. The van der Waals surface area contributed by atoms with E-state index in [-0.39, 0.29) is 17.0 Å². The minimum atomic E-state index is -3.84. The van der Waals surface area contributed by atoms with Crippen molar-refractivity contribution in [3.05, 3.63) is 77.4 Å². The lowest BCUT2D eigenvalue weighted by Gasteiger charge is -2.20. The standard InChI is InChI=1S/C25H24N2O6S/c1-31-22-9-7-19(34(29,30)27-11-10-18-4-2-3-5-21(18)27)15-20(22)25(28)26-16-17-6-8-23-24(14-17)33-13-12-32-23/h2-9,14-15H,10-13,16H2,1H3,(H,26,28). The second kappa shape index (κ2) is 8.90. The minimum Gasteiger partial charge on any atom is -0.496 e. The number of sulfonamides is 1. The third-order valence-electron chi connectivity index (χ3n) is 5.91. The Morgan fingerprint density at radius 2 is 1.82 bits per heavy atom. The Hall–Kier alpha value is -3.72. The second-order valence-electron chi connectivity index (χ2n) is 7.98. The number of hydrogen-bond acceptors (Lipinski definition) is 6. The molecule has 0 bridgehead atoms. The predicted molar refractivity (Wildman–Crippen MR) is 126 cm³/mol. The molecule has 1 N–H and O–H groups in total. The summed E-state index contributed by atoms with van der Waals surface area (Å²) in [5, 5.41) is 2.84. The summed E-state index contributed by atoms with van der Waals surface area (Å²) in [5.41, 5.74) is 2.63. The number of hydrogen-bond donors (Lipinski definition) is 1. The van der Waals surface area contributed by atoms with Gasteiger partial charge in [-0.05, 0) is 53.9 Å². The fourth-order valence-electron chi connectivity index (χ4n) is 4.19. The van der Waals surface area contributed by atoms with Gasteiger partial charge >= 0.3 is 0 Å². The molecule has 0 saturated carbocycles. The Balaban J connectivity index is 1.38. The van der Waals surface area contributed by atoms with Crippen molar-refractivity contribution in [1.29, 1.82) is 0 Å². The SMILES string of the molecule is COc1ccc(S(=O)(=O)N2CCc3ccccc32)cc1C(=O)NCc1ccc2c(c1)OCCO2. The third kappa shape index (κ3) is 4.03. The Bertz CT molecular complexity index is 1360. The molecular weight excluding hydrogens is 456 g/mol. The number of ether oxygens (including phenoxy) is 3. The zero-order valence-electron chi connectivity index (χ0n) is 18.6. The van der Waals surface area contributed by atoms with E-state index in [0.717, 1.165) is 11.1 Å². The van der Waals surface area contributed by atoms with E-state index in [9.17, 15) is 13.2 Å². The highest BCUT2D eigenvalue weighted by molar-refractivity contribution is 7.92. The molecule has 34 heavy (non-hydrogen) atoms. The van der Waals surface area contributed by atoms with Crippen LogP contribution in [0.5, 0.6) is 17.2 Å². The van der Waals surface area contributed by atoms with E-state index in [2.05, 4.69) is 5.32 Å². The summed E-state index contributed by atoms with van der Waals surface area (Å²) in [7, 11) is -2.40. The van der Waals surface area contributed by atoms with Gasteiger partial charge in [-0.1, -0.05) is 24.3 Å². The third-order valence-corrected chi connectivity index (χ3v) is 7.72. The summed E-state index contributed by atoms with van der Waals surface area (Å²) in [6.07, 6.45) is 0.647. The highest BCUT2D eigenvalue weighted by atomic mass is 32.2. The molecule has 3 aromatic rings. The summed E-state index contributed by atoms with van der Waals surface area (Å²) in [6, 6.07) is 17.2. The number of fused-ring (bicyclic) bond motifs is 2. The summed E-state index contributed by atoms with van der Waals surface area (Å²) < 4.78 is 44.7. The van der Waals surface area contributed by atoms with E-state index in [1.807, 2.05) is 30.3 Å². The zero-order chi connectivity index (χ0) is 23.7. The lowest BCUT2D eigenvalue weighted by molar-refractivity contribution is 0.0947. The fourth-order valence-corrected chi connectivity index (χ4v) is 5.72. The molecule has 1 amide bonds. The molecule has 8 nitrogen and oxygen atoms in total. The van der Waals surface area contributed by atoms with Crippen molar-refractivity contribution in [2.75, 3.05) is 31.2 Å². The van der Waals surface area contributed by atoms with Gasteiger partial charge in [0.25, 0.3) is 15.9 Å². The first-order chi connectivity index (χ1) is 16.5. The number of benzene rings is 3. The van der Waals surface area contributed by atoms with Gasteiger partial charge in [0.1, 0.15) is 19.0 Å². The largest absolute Gasteiger partial charge is 0.496 e. The van der Waals surface area contributed by atoms with Crippen LogP contribution in [0.15, 0.2) is 65.6 Å². The minimum absolute atomic E-state index is 0.0366. The fraction of sp³-hybridized carbons (Fsp3) is 0.240. The first-order valence-electron chi connectivity index (χ1n) is 10.9. The van der Waals surface area contributed by atoms with Crippen LogP contribution in [0.3, 0.4) is 0 Å². The summed E-state index contributed by atoms with van der Waals surface area (Å²) in [5.74, 6) is 1.16. The molecule has 5 rings (SSSR count). The van der Waals surface area contributed by atoms with Crippen LogP contribution in [-0.2, 0) is 23.0 Å². The number of para-hydroxylation sites is 1. The zero-order valence-corrected chi connectivity index (χ0v) is 19.4. The van der Waals surface area contributed by atoms with Crippen LogP contribution in [0, 0.1) is 0 Å². The van der Waals surface area contributed by atoms with E-state index in [0.29, 0.717) is 49.1 Å². The van der Waals surface area contributed by atoms with Gasteiger partial charge in [-0.15, -0.1) is 0 Å². The molecule has 0 saturated heterocycles. The van der Waals surface area contributed by atoms with E-state index < -0.39 is 15.9 Å². The molecule has 2 aliphatic rings. The van der Waals surface area contributed by atoms with Gasteiger partial charge in [0.2, 0.25) is 0 Å². The van der Waals surface area contributed by atoms with Crippen LogP contribution < -0.4 is 23.8 Å². The molecule has 0 radical (unpaired) electrons. The lowest BCUT2D eigenvalue weighted by atomic mass is 10.1. The Labute approximate surface area is 198 Å². The van der Waals surface area contributed by atoms with Crippen LogP contribution in [0.25, 0.3) is 0 Å². The molecule has 0 unspecified atom stereocenters. The van der Waals surface area contributed by atoms with Crippen molar-refractivity contribution in [3.8, 4) is 17.2 Å². The smallest absolute Gasteiger partial charge is 0.264 e. The van der Waals surface area contributed by atoms with Crippen molar-refractivity contribution >= 4 is 21.6 Å². The van der Waals surface area contributed by atoms with Gasteiger partial charge in [-0.25, -0.2) is 8.42 Å². The number of carbonyl (C=O) groups excluding carboxylic acids is 1. The maximum absolute atomic E-state index is 13.4. The van der Waals surface area contributed by atoms with Gasteiger partial charge in [-0.3, -0.25) is 9.10 Å². The molecule has 0 fully saturated rings. The normalized spacial score (nSPS) is 14.4. The van der Waals surface area contributed by atoms with Crippen molar-refractivity contribution in [1.82, 2.24) is 5.32 Å². The molecule has 3 aromatic carbocycles. The second-order valence-corrected chi connectivity index (χ2v) is 9.84. The maximum Gasteiger partial charge on any atom is 0.264 e. The number of nitrogens with zero attached hydrogens (tertiary/aromatic N) is 1.